The molecule has 0 radical (unpaired) electrons. The van der Waals surface area contributed by atoms with Crippen molar-refractivity contribution in [1.82, 2.24) is 4.98 Å². The molecule has 0 aliphatic carbocycles. The molecule has 0 bridgehead atoms. The van der Waals surface area contributed by atoms with Crippen LogP contribution in [-0.2, 0) is 10.0 Å². The van der Waals surface area contributed by atoms with Gasteiger partial charge in [0.15, 0.2) is 0 Å². The second-order valence-corrected chi connectivity index (χ2v) is 6.07. The van der Waals surface area contributed by atoms with Gasteiger partial charge in [-0.05, 0) is 30.3 Å². The predicted molar refractivity (Wildman–Crippen MR) is 80.8 cm³/mol. The van der Waals surface area contributed by atoms with E-state index in [9.17, 15) is 8.42 Å². The summed E-state index contributed by atoms with van der Waals surface area (Å²) in [6.07, 6.45) is 1.48. The number of anilines is 2. The number of rotatable bonds is 4. The van der Waals surface area contributed by atoms with Gasteiger partial charge in [0.2, 0.25) is 0 Å². The number of pyridine rings is 1. The highest BCUT2D eigenvalue weighted by molar-refractivity contribution is 7.92. The van der Waals surface area contributed by atoms with Gasteiger partial charge >= 0.3 is 0 Å². The number of halogens is 1. The summed E-state index contributed by atoms with van der Waals surface area (Å²) in [6, 6.07) is 9.19. The molecule has 0 saturated carbocycles. The van der Waals surface area contributed by atoms with Crippen molar-refractivity contribution in [2.24, 2.45) is 0 Å². The Morgan fingerprint density at radius 2 is 2.10 bits per heavy atom. The number of hydrogen-bond acceptors (Lipinski definition) is 5. The van der Waals surface area contributed by atoms with Gasteiger partial charge in [-0.1, -0.05) is 11.6 Å². The molecule has 0 aliphatic rings. The van der Waals surface area contributed by atoms with Gasteiger partial charge in [0.25, 0.3) is 10.0 Å². The third-order valence-electron chi connectivity index (χ3n) is 2.64. The first-order chi connectivity index (χ1) is 9.97. The zero-order valence-electron chi connectivity index (χ0n) is 11.0. The summed E-state index contributed by atoms with van der Waals surface area (Å²) < 4.78 is 27.2. The van der Waals surface area contributed by atoms with Crippen LogP contribution < -0.4 is 10.0 Å². The summed E-state index contributed by atoms with van der Waals surface area (Å²) >= 11 is 5.95. The molecule has 108 valence electrons. The average Bonchev–Trinajstić information content (AvgIpc) is 2.49. The van der Waals surface area contributed by atoms with Gasteiger partial charge in [-0.25, -0.2) is 13.4 Å². The maximum absolute atomic E-state index is 12.4. The van der Waals surface area contributed by atoms with Crippen molar-refractivity contribution in [2.45, 2.75) is 4.90 Å². The van der Waals surface area contributed by atoms with E-state index < -0.39 is 10.0 Å². The lowest BCUT2D eigenvalue weighted by Crippen LogP contribution is -2.15. The monoisotopic (exact) mass is 322 g/mol. The second-order valence-electron chi connectivity index (χ2n) is 4.01. The van der Waals surface area contributed by atoms with Crippen molar-refractivity contribution < 1.29 is 8.42 Å². The summed E-state index contributed by atoms with van der Waals surface area (Å²) in [5.41, 5.74) is 0.443. The van der Waals surface area contributed by atoms with Gasteiger partial charge < -0.3 is 5.32 Å². The smallest absolute Gasteiger partial charge is 0.265 e. The maximum atomic E-state index is 12.4. The van der Waals surface area contributed by atoms with E-state index in [-0.39, 0.29) is 21.4 Å². The van der Waals surface area contributed by atoms with E-state index in [2.05, 4.69) is 15.0 Å². The van der Waals surface area contributed by atoms with Crippen molar-refractivity contribution in [3.63, 3.8) is 0 Å². The summed E-state index contributed by atoms with van der Waals surface area (Å²) in [5.74, 6) is 0.220. The Kier molecular flexibility index (Phi) is 4.31. The number of aromatic nitrogens is 1. The van der Waals surface area contributed by atoms with Crippen molar-refractivity contribution in [3.8, 4) is 6.07 Å². The maximum Gasteiger partial charge on any atom is 0.265 e. The van der Waals surface area contributed by atoms with Crippen LogP contribution in [-0.4, -0.2) is 20.4 Å². The molecule has 0 spiro atoms. The molecular weight excluding hydrogens is 312 g/mol. The lowest BCUT2D eigenvalue weighted by molar-refractivity contribution is 0.601. The standard InChI is InChI=1S/C13H11ClN4O2S/c1-16-13-12(3-2-6-17-13)21(19,20)18-11-7-9(8-15)4-5-10(11)14/h2-7,18H,1H3,(H,16,17). The Morgan fingerprint density at radius 1 is 1.33 bits per heavy atom. The molecule has 2 rings (SSSR count). The molecular formula is C13H11ClN4O2S. The summed E-state index contributed by atoms with van der Waals surface area (Å²) in [6.45, 7) is 0. The Balaban J connectivity index is 2.45. The molecule has 21 heavy (non-hydrogen) atoms. The van der Waals surface area contributed by atoms with Crippen LogP contribution in [0.15, 0.2) is 41.4 Å². The number of nitrogens with one attached hydrogen (secondary N) is 2. The van der Waals surface area contributed by atoms with E-state index in [1.54, 1.807) is 7.05 Å². The van der Waals surface area contributed by atoms with Crippen LogP contribution >= 0.6 is 11.6 Å². The van der Waals surface area contributed by atoms with E-state index in [1.807, 2.05) is 6.07 Å². The number of nitrogens with zero attached hydrogens (tertiary/aromatic N) is 2. The topological polar surface area (TPSA) is 94.9 Å². The molecule has 1 heterocycles. The van der Waals surface area contributed by atoms with Crippen molar-refractivity contribution >= 4 is 33.1 Å². The summed E-state index contributed by atoms with van der Waals surface area (Å²) in [7, 11) is -2.30. The van der Waals surface area contributed by atoms with Gasteiger partial charge in [0, 0.05) is 13.2 Å². The van der Waals surface area contributed by atoms with Crippen LogP contribution in [0.25, 0.3) is 0 Å². The van der Waals surface area contributed by atoms with Crippen molar-refractivity contribution in [2.75, 3.05) is 17.1 Å². The zero-order chi connectivity index (χ0) is 15.5. The molecule has 0 unspecified atom stereocenters. The van der Waals surface area contributed by atoms with Crippen molar-refractivity contribution in [3.05, 3.63) is 47.1 Å². The first-order valence-corrected chi connectivity index (χ1v) is 7.69. The third-order valence-corrected chi connectivity index (χ3v) is 4.36. The first kappa shape index (κ1) is 15.1. The van der Waals surface area contributed by atoms with Crippen LogP contribution in [0.5, 0.6) is 0 Å². The minimum atomic E-state index is -3.87. The molecule has 8 heteroatoms. The van der Waals surface area contributed by atoms with Crippen molar-refractivity contribution in [1.29, 1.82) is 5.26 Å². The predicted octanol–water partition coefficient (Wildman–Crippen LogP) is 2.45. The normalized spacial score (nSPS) is 10.7. The Morgan fingerprint density at radius 3 is 2.76 bits per heavy atom. The molecule has 6 nitrogen and oxygen atoms in total. The van der Waals surface area contributed by atoms with Crippen LogP contribution in [0, 0.1) is 11.3 Å². The van der Waals surface area contributed by atoms with Gasteiger partial charge in [-0.15, -0.1) is 0 Å². The highest BCUT2D eigenvalue weighted by Gasteiger charge is 2.20. The number of benzene rings is 1. The molecule has 0 fully saturated rings. The second kappa shape index (κ2) is 5.99. The highest BCUT2D eigenvalue weighted by atomic mass is 35.5. The number of sulfonamides is 1. The first-order valence-electron chi connectivity index (χ1n) is 5.83. The van der Waals surface area contributed by atoms with Crippen LogP contribution in [0.2, 0.25) is 5.02 Å². The molecule has 0 atom stereocenters. The van der Waals surface area contributed by atoms with E-state index in [1.165, 1.54) is 36.5 Å². The molecule has 2 aromatic rings. The zero-order valence-corrected chi connectivity index (χ0v) is 12.5. The molecule has 0 amide bonds. The number of nitriles is 1. The molecule has 2 N–H and O–H groups in total. The lowest BCUT2D eigenvalue weighted by Gasteiger charge is -2.12. The quantitative estimate of drug-likeness (QED) is 0.901. The Bertz CT molecular complexity index is 815. The number of hydrogen-bond donors (Lipinski definition) is 2. The fourth-order valence-electron chi connectivity index (χ4n) is 1.67. The molecule has 0 saturated heterocycles. The molecule has 1 aromatic carbocycles. The Hall–Kier alpha value is -2.30. The SMILES string of the molecule is CNc1ncccc1S(=O)(=O)Nc1cc(C#N)ccc1Cl. The fourth-order valence-corrected chi connectivity index (χ4v) is 3.12. The van der Waals surface area contributed by atoms with Crippen LogP contribution in [0.4, 0.5) is 11.5 Å². The minimum Gasteiger partial charge on any atom is -0.372 e. The van der Waals surface area contributed by atoms with Gasteiger partial charge in [-0.2, -0.15) is 5.26 Å². The lowest BCUT2D eigenvalue weighted by atomic mass is 10.2. The van der Waals surface area contributed by atoms with Gasteiger partial charge in [0.05, 0.1) is 22.3 Å². The summed E-state index contributed by atoms with van der Waals surface area (Å²) in [4.78, 5) is 3.94. The Labute approximate surface area is 127 Å². The summed E-state index contributed by atoms with van der Waals surface area (Å²) in [5, 5.41) is 11.8. The van der Waals surface area contributed by atoms with Crippen LogP contribution in [0.3, 0.4) is 0 Å². The van der Waals surface area contributed by atoms with Gasteiger partial charge in [0.1, 0.15) is 10.7 Å². The minimum absolute atomic E-state index is 0.00840. The van der Waals surface area contributed by atoms with E-state index in [0.29, 0.717) is 5.56 Å². The van der Waals surface area contributed by atoms with Gasteiger partial charge in [-0.3, -0.25) is 4.72 Å². The largest absolute Gasteiger partial charge is 0.372 e. The third kappa shape index (κ3) is 3.24. The van der Waals surface area contributed by atoms with E-state index in [0.717, 1.165) is 0 Å². The van der Waals surface area contributed by atoms with Crippen LogP contribution in [0.1, 0.15) is 5.56 Å². The highest BCUT2D eigenvalue weighted by Crippen LogP contribution is 2.27. The molecule has 0 aliphatic heterocycles. The fraction of sp³-hybridized carbons (Fsp3) is 0.0769. The molecule has 1 aromatic heterocycles. The van der Waals surface area contributed by atoms with E-state index >= 15 is 0 Å². The average molecular weight is 323 g/mol. The van der Waals surface area contributed by atoms with E-state index in [4.69, 9.17) is 16.9 Å².